The number of benzene rings is 2. The molecule has 1 amide bonds. The number of nitro benzene ring substituents is 1. The van der Waals surface area contributed by atoms with Crippen molar-refractivity contribution < 1.29 is 19.2 Å². The van der Waals surface area contributed by atoms with Gasteiger partial charge in [-0.2, -0.15) is 0 Å². The van der Waals surface area contributed by atoms with Crippen LogP contribution in [0.2, 0.25) is 5.02 Å². The zero-order valence-electron chi connectivity index (χ0n) is 13.9. The van der Waals surface area contributed by atoms with Gasteiger partial charge in [0.05, 0.1) is 23.8 Å². The Morgan fingerprint density at radius 3 is 2.56 bits per heavy atom. The van der Waals surface area contributed by atoms with E-state index in [0.29, 0.717) is 16.5 Å². The number of hydrogen-bond acceptors (Lipinski definition) is 5. The first kappa shape index (κ1) is 18.5. The van der Waals surface area contributed by atoms with Crippen LogP contribution >= 0.6 is 11.6 Å². The van der Waals surface area contributed by atoms with Crippen LogP contribution in [0.3, 0.4) is 0 Å². The summed E-state index contributed by atoms with van der Waals surface area (Å²) in [5, 5.41) is 14.0. The van der Waals surface area contributed by atoms with Gasteiger partial charge < -0.3 is 14.8 Å². The number of ether oxygens (including phenoxy) is 2. The average Bonchev–Trinajstić information content (AvgIpc) is 2.57. The number of halogens is 1. The Hall–Kier alpha value is -2.80. The summed E-state index contributed by atoms with van der Waals surface area (Å²) in [5.74, 6) is 0.321. The lowest BCUT2D eigenvalue weighted by Crippen LogP contribution is -2.30. The van der Waals surface area contributed by atoms with Gasteiger partial charge in [-0.1, -0.05) is 11.6 Å². The molecule has 1 N–H and O–H groups in total. The molecular weight excluding hydrogens is 348 g/mol. The van der Waals surface area contributed by atoms with E-state index in [4.69, 9.17) is 21.1 Å². The summed E-state index contributed by atoms with van der Waals surface area (Å²) in [4.78, 5) is 22.6. The first-order valence-electron chi connectivity index (χ1n) is 7.38. The molecule has 0 spiro atoms. The summed E-state index contributed by atoms with van der Waals surface area (Å²) < 4.78 is 10.7. The Labute approximate surface area is 149 Å². The summed E-state index contributed by atoms with van der Waals surface area (Å²) in [7, 11) is 1.37. The molecule has 0 bridgehead atoms. The second kappa shape index (κ2) is 7.85. The molecule has 2 rings (SSSR count). The Kier molecular flexibility index (Phi) is 5.82. The molecule has 8 heteroatoms. The summed E-state index contributed by atoms with van der Waals surface area (Å²) >= 11 is 5.90. The lowest BCUT2D eigenvalue weighted by atomic mass is 10.2. The SMILES string of the molecule is COc1cc([N+](=O)[O-])ccc1NC(=O)C(C)Oc1ccc(Cl)cc1C. The van der Waals surface area contributed by atoms with Crippen molar-refractivity contribution in [2.75, 3.05) is 12.4 Å². The lowest BCUT2D eigenvalue weighted by Gasteiger charge is -2.17. The zero-order chi connectivity index (χ0) is 18.6. The van der Waals surface area contributed by atoms with Crippen molar-refractivity contribution in [3.63, 3.8) is 0 Å². The van der Waals surface area contributed by atoms with Crippen LogP contribution in [0.15, 0.2) is 36.4 Å². The number of nitrogens with zero attached hydrogens (tertiary/aromatic N) is 1. The highest BCUT2D eigenvalue weighted by atomic mass is 35.5. The molecule has 25 heavy (non-hydrogen) atoms. The maximum absolute atomic E-state index is 12.3. The van der Waals surface area contributed by atoms with E-state index in [-0.39, 0.29) is 11.4 Å². The first-order chi connectivity index (χ1) is 11.8. The van der Waals surface area contributed by atoms with E-state index in [1.807, 2.05) is 6.92 Å². The van der Waals surface area contributed by atoms with Gasteiger partial charge in [-0.25, -0.2) is 0 Å². The van der Waals surface area contributed by atoms with Crippen molar-refractivity contribution in [3.05, 3.63) is 57.1 Å². The van der Waals surface area contributed by atoms with Crippen LogP contribution in [0, 0.1) is 17.0 Å². The van der Waals surface area contributed by atoms with E-state index in [2.05, 4.69) is 5.32 Å². The van der Waals surface area contributed by atoms with Crippen LogP contribution in [0.4, 0.5) is 11.4 Å². The Morgan fingerprint density at radius 2 is 1.96 bits per heavy atom. The van der Waals surface area contributed by atoms with Gasteiger partial charge in [0.1, 0.15) is 11.5 Å². The quantitative estimate of drug-likeness (QED) is 0.618. The van der Waals surface area contributed by atoms with Crippen molar-refractivity contribution in [1.82, 2.24) is 0 Å². The van der Waals surface area contributed by atoms with Crippen LogP contribution in [-0.2, 0) is 4.79 Å². The molecule has 2 aromatic rings. The standard InChI is InChI=1S/C17H17ClN2O5/c1-10-8-12(18)4-7-15(10)25-11(2)17(21)19-14-6-5-13(20(22)23)9-16(14)24-3/h4-9,11H,1-3H3,(H,19,21). The number of nitrogens with one attached hydrogen (secondary N) is 1. The molecular formula is C17H17ClN2O5. The van der Waals surface area contributed by atoms with E-state index in [9.17, 15) is 14.9 Å². The third-order valence-corrected chi connectivity index (χ3v) is 3.70. The zero-order valence-corrected chi connectivity index (χ0v) is 14.7. The van der Waals surface area contributed by atoms with Crippen LogP contribution in [0.1, 0.15) is 12.5 Å². The largest absolute Gasteiger partial charge is 0.494 e. The number of carbonyl (C=O) groups excluding carboxylic acids is 1. The molecule has 0 saturated heterocycles. The monoisotopic (exact) mass is 364 g/mol. The summed E-state index contributed by atoms with van der Waals surface area (Å²) in [5.41, 5.74) is 0.998. The van der Waals surface area contributed by atoms with E-state index in [1.165, 1.54) is 25.3 Å². The third-order valence-electron chi connectivity index (χ3n) is 3.46. The number of amides is 1. The van der Waals surface area contributed by atoms with Crippen molar-refractivity contribution in [1.29, 1.82) is 0 Å². The summed E-state index contributed by atoms with van der Waals surface area (Å²) in [6.45, 7) is 3.42. The predicted molar refractivity (Wildman–Crippen MR) is 94.6 cm³/mol. The molecule has 1 unspecified atom stereocenters. The van der Waals surface area contributed by atoms with Gasteiger partial charge in [0, 0.05) is 11.1 Å². The average molecular weight is 365 g/mol. The molecule has 0 aliphatic heterocycles. The van der Waals surface area contributed by atoms with E-state index in [1.54, 1.807) is 25.1 Å². The van der Waals surface area contributed by atoms with Crippen molar-refractivity contribution in [2.45, 2.75) is 20.0 Å². The van der Waals surface area contributed by atoms with E-state index >= 15 is 0 Å². The molecule has 0 aliphatic carbocycles. The molecule has 0 aromatic heterocycles. The number of non-ortho nitro benzene ring substituents is 1. The molecule has 0 fully saturated rings. The van der Waals surface area contributed by atoms with Gasteiger partial charge in [-0.3, -0.25) is 14.9 Å². The molecule has 0 radical (unpaired) electrons. The van der Waals surface area contributed by atoms with Crippen LogP contribution in [-0.4, -0.2) is 24.0 Å². The number of hydrogen-bond donors (Lipinski definition) is 1. The fraction of sp³-hybridized carbons (Fsp3) is 0.235. The molecule has 1 atom stereocenters. The third kappa shape index (κ3) is 4.60. The Balaban J connectivity index is 2.11. The highest BCUT2D eigenvalue weighted by Crippen LogP contribution is 2.29. The number of anilines is 1. The maximum Gasteiger partial charge on any atom is 0.273 e. The molecule has 0 saturated carbocycles. The minimum absolute atomic E-state index is 0.129. The molecule has 0 aliphatic rings. The van der Waals surface area contributed by atoms with Gasteiger partial charge in [-0.05, 0) is 43.7 Å². The van der Waals surface area contributed by atoms with E-state index in [0.717, 1.165) is 5.56 Å². The van der Waals surface area contributed by atoms with Crippen molar-refractivity contribution >= 4 is 28.9 Å². The predicted octanol–water partition coefficient (Wildman–Crippen LogP) is 3.97. The summed E-state index contributed by atoms with van der Waals surface area (Å²) in [6, 6.07) is 9.04. The van der Waals surface area contributed by atoms with Gasteiger partial charge in [-0.15, -0.1) is 0 Å². The number of aryl methyl sites for hydroxylation is 1. The topological polar surface area (TPSA) is 90.7 Å². The number of rotatable bonds is 6. The van der Waals surface area contributed by atoms with Crippen molar-refractivity contribution in [2.24, 2.45) is 0 Å². The fourth-order valence-electron chi connectivity index (χ4n) is 2.12. The van der Waals surface area contributed by atoms with E-state index < -0.39 is 16.9 Å². The smallest absolute Gasteiger partial charge is 0.273 e. The minimum Gasteiger partial charge on any atom is -0.494 e. The number of nitro groups is 1. The molecule has 132 valence electrons. The Morgan fingerprint density at radius 1 is 1.24 bits per heavy atom. The highest BCUT2D eigenvalue weighted by molar-refractivity contribution is 6.30. The van der Waals surface area contributed by atoms with Crippen LogP contribution in [0.25, 0.3) is 0 Å². The van der Waals surface area contributed by atoms with Crippen LogP contribution < -0.4 is 14.8 Å². The fourth-order valence-corrected chi connectivity index (χ4v) is 2.35. The normalized spacial score (nSPS) is 11.5. The first-order valence-corrected chi connectivity index (χ1v) is 7.75. The van der Waals surface area contributed by atoms with Gasteiger partial charge in [0.2, 0.25) is 0 Å². The minimum atomic E-state index is -0.792. The van der Waals surface area contributed by atoms with Crippen molar-refractivity contribution in [3.8, 4) is 11.5 Å². The molecule has 2 aromatic carbocycles. The Bertz CT molecular complexity index is 810. The maximum atomic E-state index is 12.3. The summed E-state index contributed by atoms with van der Waals surface area (Å²) in [6.07, 6.45) is -0.792. The lowest BCUT2D eigenvalue weighted by molar-refractivity contribution is -0.384. The highest BCUT2D eigenvalue weighted by Gasteiger charge is 2.19. The van der Waals surface area contributed by atoms with Gasteiger partial charge in [0.15, 0.2) is 6.10 Å². The molecule has 0 heterocycles. The van der Waals surface area contributed by atoms with Gasteiger partial charge >= 0.3 is 0 Å². The number of carbonyl (C=O) groups is 1. The second-order valence-corrected chi connectivity index (χ2v) is 5.74. The van der Waals surface area contributed by atoms with Crippen LogP contribution in [0.5, 0.6) is 11.5 Å². The second-order valence-electron chi connectivity index (χ2n) is 5.30. The van der Waals surface area contributed by atoms with Gasteiger partial charge in [0.25, 0.3) is 11.6 Å². The molecule has 7 nitrogen and oxygen atoms in total. The number of methoxy groups -OCH3 is 1.